The van der Waals surface area contributed by atoms with Crippen LogP contribution in [-0.4, -0.2) is 30.4 Å². The van der Waals surface area contributed by atoms with E-state index in [1.807, 2.05) is 17.9 Å². The van der Waals surface area contributed by atoms with Crippen LogP contribution in [0.2, 0.25) is 0 Å². The Morgan fingerprint density at radius 2 is 2.12 bits per heavy atom. The lowest BCUT2D eigenvalue weighted by Crippen LogP contribution is -2.33. The highest BCUT2D eigenvalue weighted by atomic mass is 19.1. The van der Waals surface area contributed by atoms with Crippen LogP contribution in [0.1, 0.15) is 18.4 Å². The van der Waals surface area contributed by atoms with Gasteiger partial charge in [0.2, 0.25) is 5.91 Å². The minimum atomic E-state index is -0.306. The lowest BCUT2D eigenvalue weighted by atomic mass is 10.2. The Morgan fingerprint density at radius 3 is 2.76 bits per heavy atom. The summed E-state index contributed by atoms with van der Waals surface area (Å²) in [6.07, 6.45) is 2.15. The molecule has 92 valence electrons. The molecule has 1 fully saturated rings. The van der Waals surface area contributed by atoms with Gasteiger partial charge in [0.25, 0.3) is 0 Å². The van der Waals surface area contributed by atoms with Crippen LogP contribution < -0.4 is 5.32 Å². The van der Waals surface area contributed by atoms with E-state index < -0.39 is 0 Å². The predicted octanol–water partition coefficient (Wildman–Crippen LogP) is 2.17. The number of rotatable bonds is 3. The zero-order valence-electron chi connectivity index (χ0n) is 10.0. The first kappa shape index (κ1) is 11.9. The molecule has 0 unspecified atom stereocenters. The number of hydrogen-bond donors (Lipinski definition) is 1. The van der Waals surface area contributed by atoms with Gasteiger partial charge in [-0.05, 0) is 37.5 Å². The number of halogens is 1. The van der Waals surface area contributed by atoms with E-state index in [2.05, 4.69) is 5.32 Å². The predicted molar refractivity (Wildman–Crippen MR) is 65.4 cm³/mol. The van der Waals surface area contributed by atoms with Crippen LogP contribution in [0.15, 0.2) is 18.2 Å². The molecule has 1 aromatic rings. The minimum Gasteiger partial charge on any atom is -0.374 e. The molecule has 1 aliphatic heterocycles. The summed E-state index contributed by atoms with van der Waals surface area (Å²) < 4.78 is 13.5. The van der Waals surface area contributed by atoms with E-state index in [-0.39, 0.29) is 18.3 Å². The zero-order valence-corrected chi connectivity index (χ0v) is 10.0. The van der Waals surface area contributed by atoms with Crippen LogP contribution in [0, 0.1) is 12.7 Å². The molecular weight excluding hydrogens is 219 g/mol. The van der Waals surface area contributed by atoms with Crippen molar-refractivity contribution in [3.8, 4) is 0 Å². The molecule has 0 spiro atoms. The Morgan fingerprint density at radius 1 is 1.41 bits per heavy atom. The van der Waals surface area contributed by atoms with Crippen LogP contribution in [0.3, 0.4) is 0 Å². The van der Waals surface area contributed by atoms with Crippen LogP contribution >= 0.6 is 0 Å². The number of nitrogens with one attached hydrogen (secondary N) is 1. The topological polar surface area (TPSA) is 32.3 Å². The van der Waals surface area contributed by atoms with Gasteiger partial charge in [-0.1, -0.05) is 6.07 Å². The molecular formula is C13H17FN2O. The van der Waals surface area contributed by atoms with Gasteiger partial charge in [-0.25, -0.2) is 4.39 Å². The average Bonchev–Trinajstić information content (AvgIpc) is 2.81. The van der Waals surface area contributed by atoms with Gasteiger partial charge >= 0.3 is 0 Å². The number of likely N-dealkylation sites (tertiary alicyclic amines) is 1. The number of amides is 1. The number of carbonyl (C=O) groups excluding carboxylic acids is 1. The van der Waals surface area contributed by atoms with Crippen molar-refractivity contribution >= 4 is 11.6 Å². The van der Waals surface area contributed by atoms with Crippen molar-refractivity contribution in [3.05, 3.63) is 29.6 Å². The molecule has 1 amide bonds. The molecule has 0 radical (unpaired) electrons. The molecule has 0 aromatic heterocycles. The summed E-state index contributed by atoms with van der Waals surface area (Å²) in [5.41, 5.74) is 1.27. The third-order valence-electron chi connectivity index (χ3n) is 3.01. The summed E-state index contributed by atoms with van der Waals surface area (Å²) in [6, 6.07) is 4.95. The highest BCUT2D eigenvalue weighted by Crippen LogP contribution is 2.15. The fourth-order valence-electron chi connectivity index (χ4n) is 2.01. The summed E-state index contributed by atoms with van der Waals surface area (Å²) >= 11 is 0. The molecule has 0 atom stereocenters. The molecule has 1 N–H and O–H groups in total. The largest absolute Gasteiger partial charge is 0.374 e. The first-order valence-electron chi connectivity index (χ1n) is 5.94. The van der Waals surface area contributed by atoms with Gasteiger partial charge in [-0.2, -0.15) is 0 Å². The van der Waals surface area contributed by atoms with Crippen molar-refractivity contribution in [2.24, 2.45) is 0 Å². The van der Waals surface area contributed by atoms with E-state index >= 15 is 0 Å². The molecule has 1 aliphatic rings. The molecule has 2 rings (SSSR count). The molecule has 3 nitrogen and oxygen atoms in total. The summed E-state index contributed by atoms with van der Waals surface area (Å²) in [6.45, 7) is 3.66. The molecule has 1 heterocycles. The van der Waals surface area contributed by atoms with Gasteiger partial charge in [0.05, 0.1) is 12.2 Å². The Balaban J connectivity index is 1.90. The van der Waals surface area contributed by atoms with Crippen molar-refractivity contribution in [2.75, 3.05) is 25.0 Å². The van der Waals surface area contributed by atoms with Crippen molar-refractivity contribution in [3.63, 3.8) is 0 Å². The molecule has 0 aliphatic carbocycles. The molecule has 1 saturated heterocycles. The van der Waals surface area contributed by atoms with Crippen LogP contribution in [0.4, 0.5) is 10.1 Å². The number of benzene rings is 1. The molecule has 0 saturated carbocycles. The summed E-state index contributed by atoms with van der Waals surface area (Å²) in [5, 5.41) is 2.85. The first-order chi connectivity index (χ1) is 8.16. The van der Waals surface area contributed by atoms with E-state index in [0.29, 0.717) is 5.69 Å². The van der Waals surface area contributed by atoms with E-state index in [9.17, 15) is 9.18 Å². The molecule has 4 heteroatoms. The van der Waals surface area contributed by atoms with Gasteiger partial charge in [0.15, 0.2) is 0 Å². The van der Waals surface area contributed by atoms with Crippen LogP contribution in [-0.2, 0) is 4.79 Å². The Labute approximate surface area is 101 Å². The highest BCUT2D eigenvalue weighted by molar-refractivity contribution is 5.81. The fourth-order valence-corrected chi connectivity index (χ4v) is 2.01. The maximum Gasteiger partial charge on any atom is 0.241 e. The van der Waals surface area contributed by atoms with E-state index in [4.69, 9.17) is 0 Å². The van der Waals surface area contributed by atoms with Gasteiger partial charge in [0, 0.05) is 13.1 Å². The monoisotopic (exact) mass is 236 g/mol. The zero-order chi connectivity index (χ0) is 12.3. The standard InChI is InChI=1S/C13H17FN2O/c1-10-4-5-12(11(14)8-10)15-9-13(17)16-6-2-3-7-16/h4-5,8,15H,2-3,6-7,9H2,1H3. The van der Waals surface area contributed by atoms with Crippen molar-refractivity contribution in [1.82, 2.24) is 4.90 Å². The van der Waals surface area contributed by atoms with Crippen molar-refractivity contribution in [1.29, 1.82) is 0 Å². The number of hydrogen-bond acceptors (Lipinski definition) is 2. The highest BCUT2D eigenvalue weighted by Gasteiger charge is 2.17. The molecule has 0 bridgehead atoms. The smallest absolute Gasteiger partial charge is 0.241 e. The third kappa shape index (κ3) is 2.96. The minimum absolute atomic E-state index is 0.0440. The second-order valence-electron chi connectivity index (χ2n) is 4.42. The number of nitrogens with zero attached hydrogens (tertiary/aromatic N) is 1. The average molecular weight is 236 g/mol. The normalized spacial score (nSPS) is 15.1. The van der Waals surface area contributed by atoms with E-state index in [0.717, 1.165) is 31.5 Å². The maximum absolute atomic E-state index is 13.5. The van der Waals surface area contributed by atoms with Crippen LogP contribution in [0.25, 0.3) is 0 Å². The van der Waals surface area contributed by atoms with Gasteiger partial charge in [0.1, 0.15) is 5.82 Å². The van der Waals surface area contributed by atoms with E-state index in [1.165, 1.54) is 6.07 Å². The lowest BCUT2D eigenvalue weighted by molar-refractivity contribution is -0.128. The lowest BCUT2D eigenvalue weighted by Gasteiger charge is -2.16. The first-order valence-corrected chi connectivity index (χ1v) is 5.94. The second kappa shape index (κ2) is 5.17. The molecule has 17 heavy (non-hydrogen) atoms. The Bertz CT molecular complexity index is 414. The number of carbonyl (C=O) groups is 1. The van der Waals surface area contributed by atoms with Crippen molar-refractivity contribution < 1.29 is 9.18 Å². The molecule has 1 aromatic carbocycles. The second-order valence-corrected chi connectivity index (χ2v) is 4.42. The Kier molecular flexibility index (Phi) is 3.61. The third-order valence-corrected chi connectivity index (χ3v) is 3.01. The van der Waals surface area contributed by atoms with Gasteiger partial charge in [-0.15, -0.1) is 0 Å². The SMILES string of the molecule is Cc1ccc(NCC(=O)N2CCCC2)c(F)c1. The Hall–Kier alpha value is -1.58. The fraction of sp³-hybridized carbons (Fsp3) is 0.462. The van der Waals surface area contributed by atoms with Gasteiger partial charge in [-0.3, -0.25) is 4.79 Å². The quantitative estimate of drug-likeness (QED) is 0.872. The maximum atomic E-state index is 13.5. The van der Waals surface area contributed by atoms with Crippen molar-refractivity contribution in [2.45, 2.75) is 19.8 Å². The van der Waals surface area contributed by atoms with Gasteiger partial charge < -0.3 is 10.2 Å². The summed E-state index contributed by atoms with van der Waals surface area (Å²) in [5.74, 6) is -0.262. The number of anilines is 1. The summed E-state index contributed by atoms with van der Waals surface area (Å²) in [7, 11) is 0. The summed E-state index contributed by atoms with van der Waals surface area (Å²) in [4.78, 5) is 13.6. The van der Waals surface area contributed by atoms with Crippen LogP contribution in [0.5, 0.6) is 0 Å². The van der Waals surface area contributed by atoms with E-state index in [1.54, 1.807) is 6.07 Å². The number of aryl methyl sites for hydroxylation is 1.